The summed E-state index contributed by atoms with van der Waals surface area (Å²) in [4.78, 5) is 47.1. The summed E-state index contributed by atoms with van der Waals surface area (Å²) < 4.78 is 4.84. The van der Waals surface area contributed by atoms with Gasteiger partial charge in [0.2, 0.25) is 0 Å². The lowest BCUT2D eigenvalue weighted by Crippen LogP contribution is -2.16. The smallest absolute Gasteiger partial charge is 0.337 e. The predicted octanol–water partition coefficient (Wildman–Crippen LogP) is 6.35. The third-order valence-electron chi connectivity index (χ3n) is 4.80. The van der Waals surface area contributed by atoms with Gasteiger partial charge in [-0.25, -0.2) is 4.79 Å². The maximum atomic E-state index is 13.0. The van der Waals surface area contributed by atoms with Gasteiger partial charge in [0.25, 0.3) is 11.8 Å². The summed E-state index contributed by atoms with van der Waals surface area (Å²) in [5.74, 6) is -1.39. The molecule has 36 heavy (non-hydrogen) atoms. The SMILES string of the molecule is COC(=O)c1cc(NC(=O)c2cc(CBr)nc(CBr)c2)cc(NC(=O)c2cc(CBr)nc(CBr)c2)c1. The van der Waals surface area contributed by atoms with Gasteiger partial charge in [0.1, 0.15) is 0 Å². The number of hydrogen-bond donors (Lipinski definition) is 2. The summed E-state index contributed by atoms with van der Waals surface area (Å²) in [7, 11) is 1.26. The minimum atomic E-state index is -0.610. The van der Waals surface area contributed by atoms with Crippen molar-refractivity contribution in [2.24, 2.45) is 0 Å². The largest absolute Gasteiger partial charge is 0.465 e. The molecule has 188 valence electrons. The van der Waals surface area contributed by atoms with Gasteiger partial charge in [-0.2, -0.15) is 0 Å². The van der Waals surface area contributed by atoms with E-state index in [-0.39, 0.29) is 17.4 Å². The topological polar surface area (TPSA) is 110 Å². The zero-order chi connectivity index (χ0) is 26.2. The van der Waals surface area contributed by atoms with Gasteiger partial charge < -0.3 is 15.4 Å². The Morgan fingerprint density at radius 1 is 0.639 bits per heavy atom. The molecule has 0 unspecified atom stereocenters. The second-order valence-corrected chi connectivity index (χ2v) is 9.65. The molecule has 0 saturated carbocycles. The van der Waals surface area contributed by atoms with Crippen LogP contribution in [0.4, 0.5) is 11.4 Å². The number of nitrogens with one attached hydrogen (secondary N) is 2. The lowest BCUT2D eigenvalue weighted by atomic mass is 10.1. The number of carbonyl (C=O) groups is 3. The number of alkyl halides is 4. The van der Waals surface area contributed by atoms with E-state index < -0.39 is 5.97 Å². The molecule has 0 bridgehead atoms. The Bertz CT molecular complexity index is 1170. The number of nitrogens with zero attached hydrogens (tertiary/aromatic N) is 2. The number of ether oxygens (including phenoxy) is 1. The number of benzene rings is 1. The zero-order valence-electron chi connectivity index (χ0n) is 18.9. The van der Waals surface area contributed by atoms with E-state index in [1.165, 1.54) is 19.2 Å². The van der Waals surface area contributed by atoms with Gasteiger partial charge in [0.15, 0.2) is 0 Å². The van der Waals surface area contributed by atoms with Crippen LogP contribution >= 0.6 is 63.7 Å². The van der Waals surface area contributed by atoms with E-state index in [1.807, 2.05) is 0 Å². The molecule has 0 saturated heterocycles. The van der Waals surface area contributed by atoms with Crippen LogP contribution in [0.1, 0.15) is 53.8 Å². The maximum Gasteiger partial charge on any atom is 0.337 e. The molecule has 0 aliphatic carbocycles. The first kappa shape index (κ1) is 28.4. The molecule has 12 heteroatoms. The van der Waals surface area contributed by atoms with Crippen LogP contribution in [0.3, 0.4) is 0 Å². The fraction of sp³-hybridized carbons (Fsp3) is 0.208. The molecule has 1 aromatic carbocycles. The van der Waals surface area contributed by atoms with Gasteiger partial charge >= 0.3 is 5.97 Å². The van der Waals surface area contributed by atoms with E-state index in [2.05, 4.69) is 84.3 Å². The Hall–Kier alpha value is -2.15. The molecular weight excluding hydrogens is 728 g/mol. The molecule has 3 rings (SSSR count). The van der Waals surface area contributed by atoms with Crippen molar-refractivity contribution in [3.8, 4) is 0 Å². The van der Waals surface area contributed by atoms with Crippen LogP contribution in [0, 0.1) is 0 Å². The van der Waals surface area contributed by atoms with Crippen LogP contribution in [0.2, 0.25) is 0 Å². The molecule has 0 aliphatic rings. The number of pyridine rings is 2. The number of carbonyl (C=O) groups excluding carboxylic acids is 3. The van der Waals surface area contributed by atoms with Crippen molar-refractivity contribution in [2.75, 3.05) is 17.7 Å². The highest BCUT2D eigenvalue weighted by Gasteiger charge is 2.16. The van der Waals surface area contributed by atoms with Gasteiger partial charge in [-0.15, -0.1) is 0 Å². The molecule has 0 fully saturated rings. The predicted molar refractivity (Wildman–Crippen MR) is 153 cm³/mol. The van der Waals surface area contributed by atoms with Gasteiger partial charge in [0, 0.05) is 43.8 Å². The van der Waals surface area contributed by atoms with Crippen molar-refractivity contribution in [1.82, 2.24) is 9.97 Å². The van der Waals surface area contributed by atoms with Crippen LogP contribution in [0.15, 0.2) is 42.5 Å². The van der Waals surface area contributed by atoms with Crippen molar-refractivity contribution in [1.29, 1.82) is 0 Å². The van der Waals surface area contributed by atoms with Crippen molar-refractivity contribution in [3.05, 3.63) is 81.9 Å². The normalized spacial score (nSPS) is 10.6. The van der Waals surface area contributed by atoms with Crippen molar-refractivity contribution >= 4 is 92.9 Å². The number of halogens is 4. The van der Waals surface area contributed by atoms with Crippen LogP contribution in [-0.2, 0) is 26.1 Å². The Morgan fingerprint density at radius 3 is 1.31 bits per heavy atom. The summed E-state index contributed by atoms with van der Waals surface area (Å²) in [5, 5.41) is 7.55. The minimum Gasteiger partial charge on any atom is -0.465 e. The van der Waals surface area contributed by atoms with E-state index in [0.29, 0.717) is 66.6 Å². The number of methoxy groups -OCH3 is 1. The summed E-state index contributed by atoms with van der Waals surface area (Å²) >= 11 is 13.5. The van der Waals surface area contributed by atoms with Gasteiger partial charge in [0.05, 0.1) is 35.4 Å². The number of hydrogen-bond acceptors (Lipinski definition) is 6. The fourth-order valence-corrected chi connectivity index (χ4v) is 4.40. The van der Waals surface area contributed by atoms with E-state index in [4.69, 9.17) is 4.74 Å². The molecule has 0 radical (unpaired) electrons. The van der Waals surface area contributed by atoms with Crippen LogP contribution in [0.25, 0.3) is 0 Å². The Balaban J connectivity index is 1.92. The second-order valence-electron chi connectivity index (χ2n) is 7.41. The Labute approximate surface area is 241 Å². The number of aromatic nitrogens is 2. The quantitative estimate of drug-likeness (QED) is 0.195. The highest BCUT2D eigenvalue weighted by atomic mass is 79.9. The van der Waals surface area contributed by atoms with E-state index in [9.17, 15) is 14.4 Å². The molecule has 2 amide bonds. The van der Waals surface area contributed by atoms with Gasteiger partial charge in [-0.05, 0) is 42.5 Å². The summed E-state index contributed by atoms with van der Waals surface area (Å²) in [6, 6.07) is 11.2. The monoisotopic (exact) mass is 744 g/mol. The highest BCUT2D eigenvalue weighted by molar-refractivity contribution is 9.09. The van der Waals surface area contributed by atoms with Crippen LogP contribution < -0.4 is 10.6 Å². The van der Waals surface area contributed by atoms with E-state index >= 15 is 0 Å². The molecule has 2 N–H and O–H groups in total. The number of rotatable bonds is 9. The molecule has 8 nitrogen and oxygen atoms in total. The fourth-order valence-electron chi connectivity index (χ4n) is 3.25. The average Bonchev–Trinajstić information content (AvgIpc) is 2.91. The lowest BCUT2D eigenvalue weighted by molar-refractivity contribution is 0.0600. The Morgan fingerprint density at radius 2 is 1.00 bits per heavy atom. The summed E-state index contributed by atoms with van der Waals surface area (Å²) in [6.45, 7) is 0. The second kappa shape index (κ2) is 13.4. The first-order valence-corrected chi connectivity index (χ1v) is 14.9. The molecule has 2 heterocycles. The van der Waals surface area contributed by atoms with Crippen LogP contribution in [0.5, 0.6) is 0 Å². The molecular formula is C24H20Br4N4O4. The number of anilines is 2. The third kappa shape index (κ3) is 7.44. The summed E-state index contributed by atoms with van der Waals surface area (Å²) in [6.07, 6.45) is 0. The van der Waals surface area contributed by atoms with Crippen LogP contribution in [-0.4, -0.2) is 34.9 Å². The molecule has 2 aromatic heterocycles. The summed E-state index contributed by atoms with van der Waals surface area (Å²) in [5.41, 5.74) is 4.43. The average molecular weight is 748 g/mol. The number of esters is 1. The highest BCUT2D eigenvalue weighted by Crippen LogP contribution is 2.23. The van der Waals surface area contributed by atoms with Crippen molar-refractivity contribution in [3.63, 3.8) is 0 Å². The molecule has 0 spiro atoms. The molecule has 0 aliphatic heterocycles. The maximum absolute atomic E-state index is 13.0. The van der Waals surface area contributed by atoms with Gasteiger partial charge in [-0.3, -0.25) is 19.6 Å². The molecule has 3 aromatic rings. The zero-order valence-corrected chi connectivity index (χ0v) is 25.3. The first-order valence-electron chi connectivity index (χ1n) is 10.4. The Kier molecular flexibility index (Phi) is 10.6. The van der Waals surface area contributed by atoms with Crippen molar-refractivity contribution < 1.29 is 19.1 Å². The van der Waals surface area contributed by atoms with Gasteiger partial charge in [-0.1, -0.05) is 63.7 Å². The van der Waals surface area contributed by atoms with E-state index in [0.717, 1.165) is 0 Å². The lowest BCUT2D eigenvalue weighted by Gasteiger charge is -2.13. The molecule has 0 atom stereocenters. The standard InChI is InChI=1S/C24H20Br4N4O4/c1-36-24(35)15-6-16(31-22(33)13-2-18(9-25)29-19(3-13)10-26)8-17(7-15)32-23(34)14-4-20(11-27)30-21(5-14)12-28/h2-8H,9-12H2,1H3,(H,31,33)(H,32,34). The minimum absolute atomic E-state index is 0.166. The van der Waals surface area contributed by atoms with Crippen molar-refractivity contribution in [2.45, 2.75) is 21.3 Å². The number of amides is 2. The third-order valence-corrected chi connectivity index (χ3v) is 7.10. The van der Waals surface area contributed by atoms with E-state index in [1.54, 1.807) is 30.3 Å². The first-order chi connectivity index (χ1) is 17.3.